The Morgan fingerprint density at radius 3 is 1.41 bits per heavy atom. The van der Waals surface area contributed by atoms with Gasteiger partial charge >= 0.3 is 0 Å². The average molecular weight is 803 g/mol. The lowest BCUT2D eigenvalue weighted by Gasteiger charge is -2.16. The number of hydrogen-bond donors (Lipinski definition) is 0. The molecule has 0 spiro atoms. The molecule has 0 saturated carbocycles. The number of fused-ring (bicyclic) bond motifs is 8. The molecule has 5 heteroatoms. The third-order valence-electron chi connectivity index (χ3n) is 12.2. The predicted molar refractivity (Wildman–Crippen MR) is 257 cm³/mol. The number of nitrogens with zero attached hydrogens (tertiary/aromatic N) is 4. The van der Waals surface area contributed by atoms with E-state index in [2.05, 4.69) is 133 Å². The highest BCUT2D eigenvalue weighted by Gasteiger charge is 2.18. The Kier molecular flexibility index (Phi) is 8.48. The molecule has 0 fully saturated rings. The number of rotatable bonds is 6. The van der Waals surface area contributed by atoms with Gasteiger partial charge in [-0.25, -0.2) is 15.0 Å². The molecule has 0 amide bonds. The summed E-state index contributed by atoms with van der Waals surface area (Å²) >= 11 is 0. The minimum atomic E-state index is 0.578. The molecule has 0 aliphatic heterocycles. The summed E-state index contributed by atoms with van der Waals surface area (Å²) in [5, 5.41) is 18.6. The summed E-state index contributed by atoms with van der Waals surface area (Å²) < 4.78 is 6.28. The van der Waals surface area contributed by atoms with E-state index < -0.39 is 0 Å². The van der Waals surface area contributed by atoms with Gasteiger partial charge in [0.2, 0.25) is 0 Å². The van der Waals surface area contributed by atoms with Crippen molar-refractivity contribution >= 4 is 54.3 Å². The van der Waals surface area contributed by atoms with Crippen molar-refractivity contribution in [1.82, 2.24) is 15.0 Å². The molecule has 292 valence electrons. The van der Waals surface area contributed by atoms with Crippen LogP contribution in [0.15, 0.2) is 211 Å². The molecule has 0 N–H and O–H groups in total. The zero-order chi connectivity index (χ0) is 41.9. The van der Waals surface area contributed by atoms with Crippen molar-refractivity contribution in [2.75, 3.05) is 0 Å². The standard InChI is InChI=1S/C58H34N4O/c59-35-36-21-23-37(24-22-36)38-25-27-39(28-26-38)50-33-52-47-18-7-5-16-45(47)51(34-53(52)46-17-6-4-15-44(46)50)41-13-10-14-42(31-41)57-60-56(40-11-2-1-3-12-40)61-58(62-57)43-29-30-49-48-19-8-9-20-54(48)63-55(49)32-43/h1-34H. The van der Waals surface area contributed by atoms with E-state index in [0.717, 1.165) is 66.4 Å². The van der Waals surface area contributed by atoms with Gasteiger partial charge in [-0.2, -0.15) is 5.26 Å². The Balaban J connectivity index is 0.993. The second-order valence-corrected chi connectivity index (χ2v) is 15.9. The van der Waals surface area contributed by atoms with Gasteiger partial charge in [-0.05, 0) is 114 Å². The van der Waals surface area contributed by atoms with E-state index in [1.165, 1.54) is 37.9 Å². The van der Waals surface area contributed by atoms with Gasteiger partial charge in [-0.3, -0.25) is 0 Å². The van der Waals surface area contributed by atoms with E-state index in [9.17, 15) is 5.26 Å². The normalized spacial score (nSPS) is 11.5. The number of para-hydroxylation sites is 1. The SMILES string of the molecule is N#Cc1ccc(-c2ccc(-c3cc4c5ccccc5c(-c5cccc(-c6nc(-c7ccccc7)nc(-c7ccc8c(c7)oc7ccccc78)n6)c5)cc4c4ccccc34)cc2)cc1. The maximum absolute atomic E-state index is 9.28. The first-order valence-corrected chi connectivity index (χ1v) is 21.0. The first-order valence-electron chi connectivity index (χ1n) is 21.0. The molecular weight excluding hydrogens is 769 g/mol. The Bertz CT molecular complexity index is 3790. The molecule has 2 heterocycles. The molecule has 0 unspecified atom stereocenters. The Morgan fingerprint density at radius 2 is 0.762 bits per heavy atom. The fourth-order valence-corrected chi connectivity index (χ4v) is 9.05. The molecule has 0 radical (unpaired) electrons. The van der Waals surface area contributed by atoms with Gasteiger partial charge in [0.1, 0.15) is 11.2 Å². The molecule has 0 aliphatic carbocycles. The number of hydrogen-bond acceptors (Lipinski definition) is 5. The quantitative estimate of drug-likeness (QED) is 0.157. The minimum Gasteiger partial charge on any atom is -0.456 e. The average Bonchev–Trinajstić information content (AvgIpc) is 3.74. The minimum absolute atomic E-state index is 0.578. The van der Waals surface area contributed by atoms with Crippen LogP contribution in [0.5, 0.6) is 0 Å². The van der Waals surface area contributed by atoms with Crippen molar-refractivity contribution in [2.24, 2.45) is 0 Å². The molecular formula is C58H34N4O. The molecule has 0 atom stereocenters. The van der Waals surface area contributed by atoms with Gasteiger partial charge in [0.15, 0.2) is 17.5 Å². The van der Waals surface area contributed by atoms with Crippen LogP contribution in [0.4, 0.5) is 0 Å². The number of aromatic nitrogens is 3. The summed E-state index contributed by atoms with van der Waals surface area (Å²) in [5.41, 5.74) is 11.7. The second kappa shape index (κ2) is 14.8. The molecule has 5 nitrogen and oxygen atoms in total. The number of nitriles is 1. The van der Waals surface area contributed by atoms with E-state index in [1.807, 2.05) is 78.9 Å². The molecule has 0 saturated heterocycles. The molecule has 0 bridgehead atoms. The third kappa shape index (κ3) is 6.29. The maximum Gasteiger partial charge on any atom is 0.164 e. The van der Waals surface area contributed by atoms with Gasteiger partial charge in [0, 0.05) is 27.5 Å². The van der Waals surface area contributed by atoms with Crippen LogP contribution in [0.1, 0.15) is 5.56 Å². The van der Waals surface area contributed by atoms with Crippen LogP contribution in [0.2, 0.25) is 0 Å². The van der Waals surface area contributed by atoms with E-state index >= 15 is 0 Å². The third-order valence-corrected chi connectivity index (χ3v) is 12.2. The molecule has 12 rings (SSSR count). The fourth-order valence-electron chi connectivity index (χ4n) is 9.05. The number of benzene rings is 10. The van der Waals surface area contributed by atoms with Crippen molar-refractivity contribution in [3.05, 3.63) is 212 Å². The van der Waals surface area contributed by atoms with Crippen molar-refractivity contribution in [3.8, 4) is 73.6 Å². The molecule has 10 aromatic carbocycles. The highest BCUT2D eigenvalue weighted by Crippen LogP contribution is 2.43. The monoisotopic (exact) mass is 802 g/mol. The van der Waals surface area contributed by atoms with Gasteiger partial charge in [0.25, 0.3) is 0 Å². The Hall–Kier alpha value is -8.72. The van der Waals surface area contributed by atoms with Gasteiger partial charge in [0.05, 0.1) is 11.6 Å². The van der Waals surface area contributed by atoms with E-state index in [1.54, 1.807) is 0 Å². The van der Waals surface area contributed by atoms with E-state index in [0.29, 0.717) is 23.0 Å². The van der Waals surface area contributed by atoms with Gasteiger partial charge in [-0.15, -0.1) is 0 Å². The summed E-state index contributed by atoms with van der Waals surface area (Å²) in [5.74, 6) is 1.78. The number of furan rings is 1. The topological polar surface area (TPSA) is 75.6 Å². The zero-order valence-electron chi connectivity index (χ0n) is 33.8. The summed E-state index contributed by atoms with van der Waals surface area (Å²) in [7, 11) is 0. The Labute approximate surface area is 362 Å². The summed E-state index contributed by atoms with van der Waals surface area (Å²) in [4.78, 5) is 15.3. The Morgan fingerprint density at radius 1 is 0.302 bits per heavy atom. The van der Waals surface area contributed by atoms with Crippen LogP contribution in [0.3, 0.4) is 0 Å². The maximum atomic E-state index is 9.28. The van der Waals surface area contributed by atoms with Crippen molar-refractivity contribution < 1.29 is 4.42 Å². The highest BCUT2D eigenvalue weighted by molar-refractivity contribution is 6.24. The zero-order valence-corrected chi connectivity index (χ0v) is 33.8. The fraction of sp³-hybridized carbons (Fsp3) is 0. The largest absolute Gasteiger partial charge is 0.456 e. The molecule has 63 heavy (non-hydrogen) atoms. The lowest BCUT2D eigenvalue weighted by Crippen LogP contribution is -2.00. The molecule has 12 aromatic rings. The smallest absolute Gasteiger partial charge is 0.164 e. The predicted octanol–water partition coefficient (Wildman–Crippen LogP) is 15.1. The van der Waals surface area contributed by atoms with Crippen molar-refractivity contribution in [2.45, 2.75) is 0 Å². The van der Waals surface area contributed by atoms with Crippen LogP contribution in [0, 0.1) is 11.3 Å². The lowest BCUT2D eigenvalue weighted by atomic mass is 9.87. The summed E-state index contributed by atoms with van der Waals surface area (Å²) in [6.45, 7) is 0. The van der Waals surface area contributed by atoms with Gasteiger partial charge in [-0.1, -0.05) is 158 Å². The first-order chi connectivity index (χ1) is 31.1. The van der Waals surface area contributed by atoms with Crippen LogP contribution >= 0.6 is 0 Å². The van der Waals surface area contributed by atoms with Crippen molar-refractivity contribution in [3.63, 3.8) is 0 Å². The second-order valence-electron chi connectivity index (χ2n) is 15.9. The van der Waals surface area contributed by atoms with Crippen LogP contribution < -0.4 is 0 Å². The molecule has 2 aromatic heterocycles. The van der Waals surface area contributed by atoms with Crippen LogP contribution in [-0.4, -0.2) is 15.0 Å². The van der Waals surface area contributed by atoms with Crippen molar-refractivity contribution in [1.29, 1.82) is 5.26 Å². The lowest BCUT2D eigenvalue weighted by molar-refractivity contribution is 0.669. The first kappa shape index (κ1) is 36.2. The van der Waals surface area contributed by atoms with Gasteiger partial charge < -0.3 is 4.42 Å². The molecule has 0 aliphatic rings. The van der Waals surface area contributed by atoms with E-state index in [4.69, 9.17) is 19.4 Å². The van der Waals surface area contributed by atoms with E-state index in [-0.39, 0.29) is 0 Å². The highest BCUT2D eigenvalue weighted by atomic mass is 16.3. The van der Waals surface area contributed by atoms with Crippen LogP contribution in [-0.2, 0) is 0 Å². The van der Waals surface area contributed by atoms with Crippen LogP contribution in [0.25, 0.3) is 122 Å². The summed E-state index contributed by atoms with van der Waals surface area (Å²) in [6.07, 6.45) is 0. The summed E-state index contributed by atoms with van der Waals surface area (Å²) in [6, 6.07) is 73.8.